The van der Waals surface area contributed by atoms with Gasteiger partial charge in [-0.3, -0.25) is 19.3 Å². The number of morpholine rings is 1. The van der Waals surface area contributed by atoms with E-state index in [4.69, 9.17) is 9.47 Å². The van der Waals surface area contributed by atoms with Crippen LogP contribution in [0.4, 0.5) is 0 Å². The summed E-state index contributed by atoms with van der Waals surface area (Å²) in [7, 11) is 1.58. The maximum Gasteiger partial charge on any atom is 0.240 e. The second-order valence-corrected chi connectivity index (χ2v) is 9.25. The first kappa shape index (κ1) is 23.3. The molecule has 7 heteroatoms. The lowest BCUT2D eigenvalue weighted by molar-refractivity contribution is -0.148. The Bertz CT molecular complexity index is 812. The van der Waals surface area contributed by atoms with Gasteiger partial charge in [-0.2, -0.15) is 0 Å². The minimum atomic E-state index is -1.18. The van der Waals surface area contributed by atoms with E-state index in [1.54, 1.807) is 36.3 Å². The summed E-state index contributed by atoms with van der Waals surface area (Å²) in [6, 6.07) is 7.14. The molecule has 0 aliphatic carbocycles. The molecule has 0 N–H and O–H groups in total. The molecule has 31 heavy (non-hydrogen) atoms. The zero-order valence-electron chi connectivity index (χ0n) is 19.2. The average molecular weight is 431 g/mol. The van der Waals surface area contributed by atoms with Crippen molar-refractivity contribution in [3.05, 3.63) is 29.8 Å². The SMILES string of the molecule is COc1ccc(C2(CC(=O)N3C[C@@H](C)O[C@@H](C)C3)CC(=O)N(CCC(C)C)C2=O)cc1. The van der Waals surface area contributed by atoms with E-state index in [9.17, 15) is 14.4 Å². The van der Waals surface area contributed by atoms with Crippen molar-refractivity contribution in [1.82, 2.24) is 9.80 Å². The molecule has 0 spiro atoms. The summed E-state index contributed by atoms with van der Waals surface area (Å²) >= 11 is 0. The van der Waals surface area contributed by atoms with Gasteiger partial charge in [0.1, 0.15) is 5.75 Å². The highest BCUT2D eigenvalue weighted by Crippen LogP contribution is 2.41. The molecule has 0 radical (unpaired) electrons. The monoisotopic (exact) mass is 430 g/mol. The van der Waals surface area contributed by atoms with Crippen LogP contribution in [-0.2, 0) is 24.5 Å². The second kappa shape index (κ2) is 9.39. The largest absolute Gasteiger partial charge is 0.497 e. The number of methoxy groups -OCH3 is 1. The van der Waals surface area contributed by atoms with E-state index < -0.39 is 5.41 Å². The molecule has 3 amide bonds. The van der Waals surface area contributed by atoms with Gasteiger partial charge in [-0.1, -0.05) is 26.0 Å². The Morgan fingerprint density at radius 3 is 2.32 bits per heavy atom. The van der Waals surface area contributed by atoms with Crippen LogP contribution in [0.25, 0.3) is 0 Å². The molecule has 1 aromatic rings. The van der Waals surface area contributed by atoms with Crippen LogP contribution in [-0.4, -0.2) is 66.5 Å². The number of carbonyl (C=O) groups is 3. The summed E-state index contributed by atoms with van der Waals surface area (Å²) < 4.78 is 11.0. The van der Waals surface area contributed by atoms with Gasteiger partial charge in [-0.05, 0) is 43.9 Å². The third kappa shape index (κ3) is 4.92. The highest BCUT2D eigenvalue weighted by atomic mass is 16.5. The molecule has 3 rings (SSSR count). The lowest BCUT2D eigenvalue weighted by Crippen LogP contribution is -2.50. The molecule has 170 valence electrons. The number of rotatable bonds is 7. The van der Waals surface area contributed by atoms with E-state index in [1.807, 2.05) is 13.8 Å². The molecule has 3 atom stereocenters. The van der Waals surface area contributed by atoms with Gasteiger partial charge in [0, 0.05) is 32.5 Å². The maximum absolute atomic E-state index is 13.6. The van der Waals surface area contributed by atoms with Crippen LogP contribution in [0.2, 0.25) is 0 Å². The summed E-state index contributed by atoms with van der Waals surface area (Å²) in [6.07, 6.45) is 0.600. The van der Waals surface area contributed by atoms with Gasteiger partial charge in [-0.25, -0.2) is 0 Å². The number of nitrogens with zero attached hydrogens (tertiary/aromatic N) is 2. The molecule has 2 saturated heterocycles. The van der Waals surface area contributed by atoms with Crippen LogP contribution < -0.4 is 4.74 Å². The predicted molar refractivity (Wildman–Crippen MR) is 117 cm³/mol. The van der Waals surface area contributed by atoms with Crippen LogP contribution >= 0.6 is 0 Å². The van der Waals surface area contributed by atoms with Crippen molar-refractivity contribution < 1.29 is 23.9 Å². The van der Waals surface area contributed by atoms with Crippen molar-refractivity contribution in [3.63, 3.8) is 0 Å². The van der Waals surface area contributed by atoms with E-state index in [-0.39, 0.29) is 42.8 Å². The average Bonchev–Trinajstić information content (AvgIpc) is 2.95. The lowest BCUT2D eigenvalue weighted by atomic mass is 9.75. The normalized spacial score (nSPS) is 26.6. The van der Waals surface area contributed by atoms with Gasteiger partial charge >= 0.3 is 0 Å². The first-order valence-corrected chi connectivity index (χ1v) is 11.1. The molecule has 0 saturated carbocycles. The summed E-state index contributed by atoms with van der Waals surface area (Å²) in [5.41, 5.74) is -0.497. The maximum atomic E-state index is 13.6. The Hall–Kier alpha value is -2.41. The molecule has 2 heterocycles. The number of benzene rings is 1. The van der Waals surface area contributed by atoms with E-state index in [0.29, 0.717) is 36.9 Å². The fourth-order valence-electron chi connectivity index (χ4n) is 4.54. The summed E-state index contributed by atoms with van der Waals surface area (Å²) in [5, 5.41) is 0. The van der Waals surface area contributed by atoms with Crippen molar-refractivity contribution in [2.75, 3.05) is 26.7 Å². The number of hydrogen-bond acceptors (Lipinski definition) is 5. The highest BCUT2D eigenvalue weighted by Gasteiger charge is 2.54. The Balaban J connectivity index is 1.92. The molecular formula is C24H34N2O5. The molecule has 2 aliphatic rings. The zero-order valence-corrected chi connectivity index (χ0v) is 19.2. The van der Waals surface area contributed by atoms with Gasteiger partial charge in [-0.15, -0.1) is 0 Å². The van der Waals surface area contributed by atoms with Crippen LogP contribution in [0.5, 0.6) is 5.75 Å². The van der Waals surface area contributed by atoms with E-state index >= 15 is 0 Å². The quantitative estimate of drug-likeness (QED) is 0.622. The van der Waals surface area contributed by atoms with E-state index in [2.05, 4.69) is 13.8 Å². The van der Waals surface area contributed by atoms with Gasteiger partial charge in [0.2, 0.25) is 17.7 Å². The molecule has 2 aliphatic heterocycles. The minimum absolute atomic E-state index is 0.0114. The van der Waals surface area contributed by atoms with Crippen LogP contribution in [0.3, 0.4) is 0 Å². The minimum Gasteiger partial charge on any atom is -0.497 e. The number of imide groups is 1. The Kier molecular flexibility index (Phi) is 7.04. The molecule has 7 nitrogen and oxygen atoms in total. The van der Waals surface area contributed by atoms with Crippen LogP contribution in [0, 0.1) is 5.92 Å². The third-order valence-electron chi connectivity index (χ3n) is 6.21. The molecule has 1 unspecified atom stereocenters. The Morgan fingerprint density at radius 1 is 1.16 bits per heavy atom. The number of amides is 3. The van der Waals surface area contributed by atoms with Crippen LogP contribution in [0.1, 0.15) is 52.5 Å². The fourth-order valence-corrected chi connectivity index (χ4v) is 4.54. The molecular weight excluding hydrogens is 396 g/mol. The van der Waals surface area contributed by atoms with Gasteiger partial charge < -0.3 is 14.4 Å². The fraction of sp³-hybridized carbons (Fsp3) is 0.625. The predicted octanol–water partition coefficient (Wildman–Crippen LogP) is 2.76. The number of hydrogen-bond donors (Lipinski definition) is 0. The lowest BCUT2D eigenvalue weighted by Gasteiger charge is -2.37. The summed E-state index contributed by atoms with van der Waals surface area (Å²) in [5.74, 6) is 0.428. The van der Waals surface area contributed by atoms with Crippen molar-refractivity contribution in [2.24, 2.45) is 5.92 Å². The van der Waals surface area contributed by atoms with E-state index in [1.165, 1.54) is 4.90 Å². The second-order valence-electron chi connectivity index (χ2n) is 9.25. The Labute approximate surface area is 184 Å². The van der Waals surface area contributed by atoms with E-state index in [0.717, 1.165) is 6.42 Å². The smallest absolute Gasteiger partial charge is 0.240 e. The number of ether oxygens (including phenoxy) is 2. The molecule has 2 fully saturated rings. The van der Waals surface area contributed by atoms with Gasteiger partial charge in [0.25, 0.3) is 0 Å². The standard InChI is InChI=1S/C24H34N2O5/c1-16(2)10-11-26-22(28)13-24(23(26)29,19-6-8-20(30-5)9-7-19)12-21(27)25-14-17(3)31-18(4)15-25/h6-9,16-18H,10-15H2,1-5H3/t17-,18+,24?. The summed E-state index contributed by atoms with van der Waals surface area (Å²) in [4.78, 5) is 43.0. The number of carbonyl (C=O) groups excluding carboxylic acids is 3. The molecule has 0 bridgehead atoms. The van der Waals surface area contributed by atoms with Crippen molar-refractivity contribution in [1.29, 1.82) is 0 Å². The molecule has 1 aromatic carbocycles. The first-order valence-electron chi connectivity index (χ1n) is 11.1. The van der Waals surface area contributed by atoms with Crippen molar-refractivity contribution in [3.8, 4) is 5.75 Å². The summed E-state index contributed by atoms with van der Waals surface area (Å²) in [6.45, 7) is 9.35. The van der Waals surface area contributed by atoms with Crippen LogP contribution in [0.15, 0.2) is 24.3 Å². The first-order chi connectivity index (χ1) is 14.7. The highest BCUT2D eigenvalue weighted by molar-refractivity contribution is 6.10. The third-order valence-corrected chi connectivity index (χ3v) is 6.21. The molecule has 0 aromatic heterocycles. The van der Waals surface area contributed by atoms with Gasteiger partial charge in [0.15, 0.2) is 0 Å². The van der Waals surface area contributed by atoms with Crippen molar-refractivity contribution in [2.45, 2.75) is 64.6 Å². The topological polar surface area (TPSA) is 76.2 Å². The van der Waals surface area contributed by atoms with Gasteiger partial charge in [0.05, 0.1) is 24.7 Å². The van der Waals surface area contributed by atoms with Crippen molar-refractivity contribution >= 4 is 17.7 Å². The zero-order chi connectivity index (χ0) is 22.8. The number of likely N-dealkylation sites (tertiary alicyclic amines) is 1. The Morgan fingerprint density at radius 2 is 1.77 bits per heavy atom.